The molecule has 0 aromatic heterocycles. The summed E-state index contributed by atoms with van der Waals surface area (Å²) >= 11 is 0. The first-order chi connectivity index (χ1) is 6.20. The molecule has 0 heterocycles. The van der Waals surface area contributed by atoms with E-state index >= 15 is 0 Å². The van der Waals surface area contributed by atoms with Crippen LogP contribution in [0.15, 0.2) is 24.3 Å². The van der Waals surface area contributed by atoms with Gasteiger partial charge in [-0.3, -0.25) is 0 Å². The van der Waals surface area contributed by atoms with Crippen LogP contribution in [0.5, 0.6) is 0 Å². The van der Waals surface area contributed by atoms with Crippen molar-refractivity contribution in [3.05, 3.63) is 35.4 Å². The molecule has 0 saturated heterocycles. The summed E-state index contributed by atoms with van der Waals surface area (Å²) in [5.41, 5.74) is 2.68. The van der Waals surface area contributed by atoms with Crippen molar-refractivity contribution in [2.24, 2.45) is 0 Å². The molecule has 0 spiro atoms. The molecule has 0 radical (unpaired) electrons. The number of benzene rings is 1. The zero-order valence-corrected chi connectivity index (χ0v) is 9.39. The zero-order chi connectivity index (χ0) is 10.7. The minimum Gasteiger partial charge on any atom is -0.120 e. The summed E-state index contributed by atoms with van der Waals surface area (Å²) in [7, 11) is 0. The molecule has 0 aliphatic carbocycles. The zero-order valence-electron chi connectivity index (χ0n) is 9.39. The number of terminal acetylenes is 1. The van der Waals surface area contributed by atoms with Gasteiger partial charge in [-0.2, -0.15) is 0 Å². The van der Waals surface area contributed by atoms with Crippen LogP contribution >= 0.6 is 0 Å². The smallest absolute Gasteiger partial charge is 0.00297 e. The Kier molecular flexibility index (Phi) is 11.9. The third-order valence-electron chi connectivity index (χ3n) is 1.17. The Morgan fingerprint density at radius 2 is 1.38 bits per heavy atom. The van der Waals surface area contributed by atoms with Crippen molar-refractivity contribution < 1.29 is 0 Å². The van der Waals surface area contributed by atoms with E-state index in [9.17, 15) is 0 Å². The second-order valence-electron chi connectivity index (χ2n) is 2.45. The fourth-order valence-corrected chi connectivity index (χ4v) is 0.807. The molecule has 1 rings (SSSR count). The van der Waals surface area contributed by atoms with Crippen LogP contribution in [-0.4, -0.2) is 0 Å². The summed E-state index contributed by atoms with van der Waals surface area (Å²) in [6, 6.07) is 8.45. The van der Waals surface area contributed by atoms with Crippen molar-refractivity contribution in [1.29, 1.82) is 0 Å². The molecule has 0 bridgehead atoms. The highest BCUT2D eigenvalue weighted by Gasteiger charge is 1.80. The lowest BCUT2D eigenvalue weighted by atomic mass is 10.2. The van der Waals surface area contributed by atoms with Gasteiger partial charge in [-0.15, -0.1) is 12.3 Å². The van der Waals surface area contributed by atoms with E-state index in [0.717, 1.165) is 0 Å². The minimum atomic E-state index is 1.34. The molecule has 0 aliphatic rings. The van der Waals surface area contributed by atoms with Crippen molar-refractivity contribution in [1.82, 2.24) is 0 Å². The first-order valence-electron chi connectivity index (χ1n) is 4.61. The number of rotatable bonds is 0. The summed E-state index contributed by atoms with van der Waals surface area (Å²) in [4.78, 5) is 0. The lowest BCUT2D eigenvalue weighted by Crippen LogP contribution is -1.71. The number of hydrogen-bond acceptors (Lipinski definition) is 0. The maximum atomic E-state index is 4.60. The Morgan fingerprint density at radius 1 is 1.08 bits per heavy atom. The molecular weight excluding hydrogens is 156 g/mol. The Bertz CT molecular complexity index is 223. The van der Waals surface area contributed by atoms with Gasteiger partial charge in [0, 0.05) is 0 Å². The molecular formula is C13H20. The van der Waals surface area contributed by atoms with Crippen molar-refractivity contribution in [2.45, 2.75) is 34.6 Å². The molecule has 0 aliphatic heterocycles. The van der Waals surface area contributed by atoms with Gasteiger partial charge in [0.25, 0.3) is 0 Å². The Balaban J connectivity index is 0. The molecule has 0 fully saturated rings. The van der Waals surface area contributed by atoms with Gasteiger partial charge in [0.2, 0.25) is 0 Å². The Morgan fingerprint density at radius 3 is 1.54 bits per heavy atom. The van der Waals surface area contributed by atoms with Gasteiger partial charge in [-0.25, -0.2) is 0 Å². The highest BCUT2D eigenvalue weighted by atomic mass is 13.9. The van der Waals surface area contributed by atoms with Gasteiger partial charge in [0.1, 0.15) is 0 Å². The molecule has 13 heavy (non-hydrogen) atoms. The minimum absolute atomic E-state index is 1.34. The molecule has 0 heteroatoms. The van der Waals surface area contributed by atoms with Crippen LogP contribution < -0.4 is 0 Å². The van der Waals surface area contributed by atoms with E-state index in [4.69, 9.17) is 0 Å². The van der Waals surface area contributed by atoms with Crippen LogP contribution in [0.2, 0.25) is 0 Å². The predicted octanol–water partition coefficient (Wildman–Crippen LogP) is 3.97. The summed E-state index contributed by atoms with van der Waals surface area (Å²) in [5, 5.41) is 0. The monoisotopic (exact) mass is 176 g/mol. The van der Waals surface area contributed by atoms with Gasteiger partial charge in [0.05, 0.1) is 0 Å². The van der Waals surface area contributed by atoms with Crippen LogP contribution in [0.3, 0.4) is 0 Å². The molecule has 0 nitrogen and oxygen atoms in total. The maximum absolute atomic E-state index is 4.60. The van der Waals surface area contributed by atoms with Crippen molar-refractivity contribution in [3.8, 4) is 12.3 Å². The highest BCUT2D eigenvalue weighted by molar-refractivity contribution is 5.20. The molecule has 72 valence electrons. The molecule has 1 aromatic carbocycles. The van der Waals surface area contributed by atoms with Gasteiger partial charge >= 0.3 is 0 Å². The molecule has 0 amide bonds. The van der Waals surface area contributed by atoms with Crippen LogP contribution in [0, 0.1) is 26.2 Å². The van der Waals surface area contributed by atoms with Crippen molar-refractivity contribution in [2.75, 3.05) is 0 Å². The van der Waals surface area contributed by atoms with E-state index in [0.29, 0.717) is 0 Å². The predicted molar refractivity (Wildman–Crippen MR) is 61.8 cm³/mol. The van der Waals surface area contributed by atoms with Gasteiger partial charge < -0.3 is 0 Å². The lowest BCUT2D eigenvalue weighted by Gasteiger charge is -1.90. The van der Waals surface area contributed by atoms with Crippen LogP contribution in [-0.2, 0) is 0 Å². The normalized spacial score (nSPS) is 6.77. The van der Waals surface area contributed by atoms with E-state index in [1.807, 2.05) is 13.8 Å². The first kappa shape index (κ1) is 14.3. The summed E-state index contributed by atoms with van der Waals surface area (Å²) < 4.78 is 0. The van der Waals surface area contributed by atoms with Crippen LogP contribution in [0.1, 0.15) is 31.9 Å². The van der Waals surface area contributed by atoms with E-state index in [-0.39, 0.29) is 0 Å². The average Bonchev–Trinajstić information content (AvgIpc) is 2.08. The summed E-state index contributed by atoms with van der Waals surface area (Å²) in [6.45, 7) is 9.86. The van der Waals surface area contributed by atoms with Gasteiger partial charge in [0.15, 0.2) is 0 Å². The largest absolute Gasteiger partial charge is 0.120 e. The quantitative estimate of drug-likeness (QED) is 0.525. The first-order valence-corrected chi connectivity index (χ1v) is 4.61. The van der Waals surface area contributed by atoms with Crippen LogP contribution in [0.4, 0.5) is 0 Å². The number of aryl methyl sites for hydroxylation is 2. The fourth-order valence-electron chi connectivity index (χ4n) is 0.807. The Labute approximate surface area is 83.0 Å². The van der Waals surface area contributed by atoms with Gasteiger partial charge in [-0.1, -0.05) is 49.2 Å². The Hall–Kier alpha value is -1.22. The third-order valence-corrected chi connectivity index (χ3v) is 1.17. The lowest BCUT2D eigenvalue weighted by molar-refractivity contribution is 1.39. The maximum Gasteiger partial charge on any atom is -0.00297 e. The standard InChI is InChI=1S/C8H10.C3H4.C2H6/c1-7-4-3-5-8(2)6-7;1-3-2;1-2/h3-6H,1-2H3;1H,2H3;1-2H3. The molecule has 0 atom stereocenters. The van der Waals surface area contributed by atoms with E-state index in [2.05, 4.69) is 50.5 Å². The second-order valence-corrected chi connectivity index (χ2v) is 2.45. The fraction of sp³-hybridized carbons (Fsp3) is 0.385. The third kappa shape index (κ3) is 10.8. The average molecular weight is 176 g/mol. The topological polar surface area (TPSA) is 0 Å². The highest BCUT2D eigenvalue weighted by Crippen LogP contribution is 2.00. The van der Waals surface area contributed by atoms with Gasteiger partial charge in [-0.05, 0) is 20.8 Å². The second kappa shape index (κ2) is 10.8. The number of hydrogen-bond donors (Lipinski definition) is 0. The molecule has 0 unspecified atom stereocenters. The van der Waals surface area contributed by atoms with Crippen molar-refractivity contribution in [3.63, 3.8) is 0 Å². The molecule has 1 aromatic rings. The van der Waals surface area contributed by atoms with E-state index in [1.165, 1.54) is 11.1 Å². The summed E-state index contributed by atoms with van der Waals surface area (Å²) in [6.07, 6.45) is 4.60. The SMILES string of the molecule is C#CC.CC.Cc1cccc(C)c1. The summed E-state index contributed by atoms with van der Waals surface area (Å²) in [5.74, 6) is 2.25. The molecule has 0 N–H and O–H groups in total. The van der Waals surface area contributed by atoms with E-state index < -0.39 is 0 Å². The molecule has 0 saturated carbocycles. The van der Waals surface area contributed by atoms with E-state index in [1.54, 1.807) is 6.92 Å². The van der Waals surface area contributed by atoms with Crippen LogP contribution in [0.25, 0.3) is 0 Å². The van der Waals surface area contributed by atoms with Crippen molar-refractivity contribution >= 4 is 0 Å².